The Morgan fingerprint density at radius 1 is 1.15 bits per heavy atom. The Hall–Kier alpha value is -2.78. The van der Waals surface area contributed by atoms with Crippen LogP contribution in [0.4, 0.5) is 4.79 Å². The number of carbonyl (C=O) groups is 4. The molecule has 1 heterocycles. The molecule has 9 heteroatoms. The Morgan fingerprint density at radius 2 is 1.79 bits per heavy atom. The quantitative estimate of drug-likeness (QED) is 0.433. The maximum absolute atomic E-state index is 14.0. The molecule has 1 aliphatic rings. The molecule has 2 N–H and O–H groups in total. The number of carboxylic acid groups (broad SMARTS) is 1. The van der Waals surface area contributed by atoms with Crippen molar-refractivity contribution in [3.63, 3.8) is 0 Å². The van der Waals surface area contributed by atoms with Gasteiger partial charge in [0.1, 0.15) is 18.8 Å². The van der Waals surface area contributed by atoms with Gasteiger partial charge in [-0.05, 0) is 38.7 Å². The number of hydrogen-bond donors (Lipinski definition) is 2. The smallest absolute Gasteiger partial charge is 0.481 e. The van der Waals surface area contributed by atoms with Crippen LogP contribution in [0, 0.1) is 11.8 Å². The number of benzene rings is 1. The number of quaternary nitrogens is 1. The normalized spacial score (nSPS) is 21.5. The van der Waals surface area contributed by atoms with Crippen LogP contribution in [0.3, 0.4) is 0 Å². The number of aliphatic carboxylic acids is 1. The van der Waals surface area contributed by atoms with Crippen molar-refractivity contribution in [1.82, 2.24) is 5.32 Å². The van der Waals surface area contributed by atoms with E-state index < -0.39 is 52.4 Å². The first-order chi connectivity index (χ1) is 15.9. The lowest BCUT2D eigenvalue weighted by Crippen LogP contribution is -2.74. The second-order valence-electron chi connectivity index (χ2n) is 10.1. The zero-order valence-corrected chi connectivity index (χ0v) is 20.7. The molecule has 1 unspecified atom stereocenters. The van der Waals surface area contributed by atoms with E-state index in [0.29, 0.717) is 0 Å². The average Bonchev–Trinajstić information content (AvgIpc) is 2.75. The number of imide groups is 1. The molecule has 1 fully saturated rings. The van der Waals surface area contributed by atoms with Crippen molar-refractivity contribution in [3.8, 4) is 0 Å². The number of rotatable bonds is 8. The Bertz CT molecular complexity index is 879. The minimum atomic E-state index is -1.19. The highest BCUT2D eigenvalue weighted by molar-refractivity contribution is 5.90. The lowest BCUT2D eigenvalue weighted by molar-refractivity contribution is -0.806. The van der Waals surface area contributed by atoms with Crippen molar-refractivity contribution in [1.29, 1.82) is 0 Å². The topological polar surface area (TPSA) is 119 Å². The molecule has 0 aliphatic carbocycles. The molecule has 0 saturated carbocycles. The van der Waals surface area contributed by atoms with Crippen LogP contribution in [0.15, 0.2) is 30.3 Å². The monoisotopic (exact) mass is 477 g/mol. The number of esters is 1. The standard InChI is InChI=1S/C25H36N2O7/c1-17(2)13-19(14-21(28)29)22(30)27(24(32)34-25(3,4)5)12-11-26-15-20(27)23(31)33-16-18-9-7-6-8-10-18/h6-10,17,19-20,26H,11-16H2,1-5H3/p+1/t19-,20?,27-/m1/s1. The molecule has 3 atom stereocenters. The van der Waals surface area contributed by atoms with Crippen LogP contribution in [0.5, 0.6) is 0 Å². The Labute approximate surface area is 201 Å². The van der Waals surface area contributed by atoms with Crippen LogP contribution >= 0.6 is 0 Å². The predicted molar refractivity (Wildman–Crippen MR) is 124 cm³/mol. The Balaban J connectivity index is 2.47. The second-order valence-corrected chi connectivity index (χ2v) is 10.1. The third-order valence-corrected chi connectivity index (χ3v) is 5.65. The molecule has 1 aromatic rings. The summed E-state index contributed by atoms with van der Waals surface area (Å²) in [4.78, 5) is 52.4. The molecule has 2 rings (SSSR count). The summed E-state index contributed by atoms with van der Waals surface area (Å²) >= 11 is 0. The summed E-state index contributed by atoms with van der Waals surface area (Å²) in [5.74, 6) is -3.41. The maximum Gasteiger partial charge on any atom is 0.524 e. The predicted octanol–water partition coefficient (Wildman–Crippen LogP) is 3.12. The van der Waals surface area contributed by atoms with E-state index >= 15 is 0 Å². The molecule has 9 nitrogen and oxygen atoms in total. The summed E-state index contributed by atoms with van der Waals surface area (Å²) in [6.45, 7) is 9.07. The van der Waals surface area contributed by atoms with Crippen molar-refractivity contribution < 1.29 is 38.2 Å². The van der Waals surface area contributed by atoms with Crippen LogP contribution in [0.2, 0.25) is 0 Å². The molecule has 1 aliphatic heterocycles. The minimum Gasteiger partial charge on any atom is -0.481 e. The molecule has 188 valence electrons. The Kier molecular flexibility index (Phi) is 9.35. The summed E-state index contributed by atoms with van der Waals surface area (Å²) in [6.07, 6.45) is -1.02. The first kappa shape index (κ1) is 27.5. The van der Waals surface area contributed by atoms with Crippen molar-refractivity contribution in [3.05, 3.63) is 35.9 Å². The first-order valence-electron chi connectivity index (χ1n) is 11.7. The molecule has 0 spiro atoms. The van der Waals surface area contributed by atoms with Crippen LogP contribution in [-0.2, 0) is 30.5 Å². The molecule has 0 bridgehead atoms. The number of carboxylic acids is 1. The summed E-state index contributed by atoms with van der Waals surface area (Å²) in [5.41, 5.74) is -0.142. The maximum atomic E-state index is 14.0. The van der Waals surface area contributed by atoms with Gasteiger partial charge in [-0.15, -0.1) is 4.48 Å². The fraction of sp³-hybridized carbons (Fsp3) is 0.600. The van der Waals surface area contributed by atoms with Crippen LogP contribution in [-0.4, -0.2) is 64.8 Å². The lowest BCUT2D eigenvalue weighted by atomic mass is 9.90. The van der Waals surface area contributed by atoms with E-state index in [0.717, 1.165) is 5.56 Å². The van der Waals surface area contributed by atoms with E-state index in [4.69, 9.17) is 9.47 Å². The molecule has 1 aromatic carbocycles. The van der Waals surface area contributed by atoms with Crippen molar-refractivity contribution >= 4 is 23.9 Å². The highest BCUT2D eigenvalue weighted by Crippen LogP contribution is 2.30. The molecule has 1 saturated heterocycles. The summed E-state index contributed by atoms with van der Waals surface area (Å²) in [7, 11) is 0. The highest BCUT2D eigenvalue weighted by Gasteiger charge is 2.60. The number of carbonyl (C=O) groups excluding carboxylic acids is 3. The van der Waals surface area contributed by atoms with E-state index in [1.54, 1.807) is 32.9 Å². The molecule has 0 aromatic heterocycles. The van der Waals surface area contributed by atoms with Crippen molar-refractivity contribution in [2.24, 2.45) is 11.8 Å². The zero-order chi connectivity index (χ0) is 25.5. The SMILES string of the molecule is CC(C)C[C@H](CC(=O)O)C(=O)[N@@+]1(C(=O)OC(C)(C)C)CCNCC1C(=O)OCc1ccccc1. The van der Waals surface area contributed by atoms with Gasteiger partial charge in [-0.2, -0.15) is 4.79 Å². The molecule has 34 heavy (non-hydrogen) atoms. The van der Waals surface area contributed by atoms with Gasteiger partial charge in [0.05, 0.1) is 18.9 Å². The van der Waals surface area contributed by atoms with Gasteiger partial charge in [0.25, 0.3) is 0 Å². The first-order valence-corrected chi connectivity index (χ1v) is 11.7. The van der Waals surface area contributed by atoms with Crippen LogP contribution in [0.1, 0.15) is 53.0 Å². The average molecular weight is 478 g/mol. The number of piperazine rings is 1. The fourth-order valence-electron chi connectivity index (χ4n) is 4.19. The van der Waals surface area contributed by atoms with Gasteiger partial charge >= 0.3 is 23.9 Å². The minimum absolute atomic E-state index is 0.0107. The van der Waals surface area contributed by atoms with E-state index in [-0.39, 0.29) is 38.6 Å². The largest absolute Gasteiger partial charge is 0.524 e. The lowest BCUT2D eigenvalue weighted by Gasteiger charge is -2.42. The summed E-state index contributed by atoms with van der Waals surface area (Å²) < 4.78 is 10.2. The number of ether oxygens (including phenoxy) is 2. The molecule has 0 radical (unpaired) electrons. The van der Waals surface area contributed by atoms with E-state index in [9.17, 15) is 24.3 Å². The number of amides is 2. The van der Waals surface area contributed by atoms with Crippen molar-refractivity contribution in [2.45, 2.75) is 65.7 Å². The van der Waals surface area contributed by atoms with Crippen LogP contribution in [0.25, 0.3) is 0 Å². The Morgan fingerprint density at radius 3 is 2.35 bits per heavy atom. The number of hydrogen-bond acceptors (Lipinski definition) is 7. The third-order valence-electron chi connectivity index (χ3n) is 5.65. The highest BCUT2D eigenvalue weighted by atomic mass is 16.6. The fourth-order valence-corrected chi connectivity index (χ4v) is 4.19. The van der Waals surface area contributed by atoms with E-state index in [2.05, 4.69) is 5.32 Å². The number of nitrogens with zero attached hydrogens (tertiary/aromatic N) is 1. The molecule has 2 amide bonds. The van der Waals surface area contributed by atoms with Crippen molar-refractivity contribution in [2.75, 3.05) is 19.6 Å². The summed E-state index contributed by atoms with van der Waals surface area (Å²) in [5, 5.41) is 12.5. The van der Waals surface area contributed by atoms with Gasteiger partial charge in [-0.1, -0.05) is 44.2 Å². The van der Waals surface area contributed by atoms with Gasteiger partial charge in [0.15, 0.2) is 0 Å². The van der Waals surface area contributed by atoms with Gasteiger partial charge in [0, 0.05) is 6.54 Å². The van der Waals surface area contributed by atoms with Gasteiger partial charge in [-0.25, -0.2) is 9.59 Å². The van der Waals surface area contributed by atoms with Crippen LogP contribution < -0.4 is 5.32 Å². The van der Waals surface area contributed by atoms with E-state index in [1.165, 1.54) is 0 Å². The summed E-state index contributed by atoms with van der Waals surface area (Å²) in [6, 6.07) is 7.90. The van der Waals surface area contributed by atoms with Gasteiger partial charge in [-0.3, -0.25) is 4.79 Å². The zero-order valence-electron chi connectivity index (χ0n) is 20.7. The van der Waals surface area contributed by atoms with E-state index in [1.807, 2.05) is 32.0 Å². The second kappa shape index (κ2) is 11.6. The third kappa shape index (κ3) is 7.11. The number of nitrogens with one attached hydrogen (secondary N) is 1. The van der Waals surface area contributed by atoms with Gasteiger partial charge < -0.3 is 19.9 Å². The molecular weight excluding hydrogens is 440 g/mol. The molecular formula is C25H37N2O7+. The van der Waals surface area contributed by atoms with Gasteiger partial charge in [0.2, 0.25) is 6.04 Å².